The Morgan fingerprint density at radius 2 is 1.82 bits per heavy atom. The van der Waals surface area contributed by atoms with Gasteiger partial charge in [-0.15, -0.1) is 0 Å². The summed E-state index contributed by atoms with van der Waals surface area (Å²) in [6, 6.07) is 10.6. The van der Waals surface area contributed by atoms with Crippen molar-refractivity contribution in [2.24, 2.45) is 0 Å². The zero-order valence-electron chi connectivity index (χ0n) is 15.2. The molecule has 0 atom stereocenters. The summed E-state index contributed by atoms with van der Waals surface area (Å²) in [7, 11) is 0. The third-order valence-corrected chi connectivity index (χ3v) is 4.43. The van der Waals surface area contributed by atoms with Crippen LogP contribution in [0.1, 0.15) is 22.8 Å². The highest BCUT2D eigenvalue weighted by atomic mass is 35.5. The number of nitrogens with zero attached hydrogens (tertiary/aromatic N) is 1. The number of halogens is 1. The maximum Gasteiger partial charge on any atom is 0.338 e. The molecule has 2 N–H and O–H groups in total. The van der Waals surface area contributed by atoms with E-state index in [9.17, 15) is 19.5 Å². The molecule has 0 spiro atoms. The highest BCUT2D eigenvalue weighted by Gasteiger charge is 2.39. The summed E-state index contributed by atoms with van der Waals surface area (Å²) in [4.78, 5) is 37.9. The van der Waals surface area contributed by atoms with Gasteiger partial charge in [-0.3, -0.25) is 9.59 Å². The molecule has 1 aliphatic rings. The van der Waals surface area contributed by atoms with Crippen LogP contribution in [0.4, 0.5) is 11.4 Å². The molecule has 2 aromatic rings. The molecule has 144 valence electrons. The maximum absolute atomic E-state index is 12.8. The predicted octanol–water partition coefficient (Wildman–Crippen LogP) is 3.31. The van der Waals surface area contributed by atoms with Gasteiger partial charge in [0.1, 0.15) is 16.5 Å². The second kappa shape index (κ2) is 7.74. The number of hydrogen-bond acceptors (Lipinski definition) is 6. The first kappa shape index (κ1) is 19.4. The maximum atomic E-state index is 12.8. The van der Waals surface area contributed by atoms with Crippen LogP contribution in [0.5, 0.6) is 5.75 Å². The summed E-state index contributed by atoms with van der Waals surface area (Å²) in [5, 5.41) is 12.4. The standard InChI is InChI=1S/C20H17ClN2O5/c1-3-28-20(27)12-5-7-13(8-6-12)23-18(25)16(21)17(19(23)26)22-14-10-11(2)4-9-15(14)24/h4-10,22,24H,3H2,1-2H3. The van der Waals surface area contributed by atoms with Crippen molar-refractivity contribution >= 4 is 40.8 Å². The average Bonchev–Trinajstić information content (AvgIpc) is 2.88. The number of nitrogens with one attached hydrogen (secondary N) is 1. The first-order valence-electron chi connectivity index (χ1n) is 8.46. The zero-order chi connectivity index (χ0) is 20.4. The lowest BCUT2D eigenvalue weighted by molar-refractivity contribution is -0.120. The molecule has 2 amide bonds. The SMILES string of the molecule is CCOC(=O)c1ccc(N2C(=O)C(Cl)=C(Nc3cc(C)ccc3O)C2=O)cc1. The number of aryl methyl sites for hydroxylation is 1. The van der Waals surface area contributed by atoms with Gasteiger partial charge >= 0.3 is 5.97 Å². The Balaban J connectivity index is 1.86. The molecule has 0 saturated heterocycles. The quantitative estimate of drug-likeness (QED) is 0.454. The van der Waals surface area contributed by atoms with Gasteiger partial charge in [0, 0.05) is 0 Å². The van der Waals surface area contributed by atoms with Gasteiger partial charge in [0.05, 0.1) is 23.5 Å². The molecule has 28 heavy (non-hydrogen) atoms. The minimum absolute atomic E-state index is 0.0833. The summed E-state index contributed by atoms with van der Waals surface area (Å²) < 4.78 is 4.91. The molecule has 3 rings (SSSR count). The second-order valence-electron chi connectivity index (χ2n) is 6.05. The van der Waals surface area contributed by atoms with E-state index in [2.05, 4.69) is 5.32 Å². The van der Waals surface area contributed by atoms with Gasteiger partial charge in [-0.2, -0.15) is 0 Å². The van der Waals surface area contributed by atoms with Crippen molar-refractivity contribution in [1.29, 1.82) is 0 Å². The van der Waals surface area contributed by atoms with E-state index in [1.807, 2.05) is 6.92 Å². The van der Waals surface area contributed by atoms with Crippen LogP contribution in [0.2, 0.25) is 0 Å². The van der Waals surface area contributed by atoms with Gasteiger partial charge in [0.2, 0.25) is 0 Å². The number of phenolic OH excluding ortho intramolecular Hbond substituents is 1. The molecule has 0 saturated carbocycles. The topological polar surface area (TPSA) is 95.9 Å². The summed E-state index contributed by atoms with van der Waals surface area (Å²) in [5.41, 5.74) is 1.52. The van der Waals surface area contributed by atoms with Gasteiger partial charge in [0.15, 0.2) is 0 Å². The Kier molecular flexibility index (Phi) is 5.37. The van der Waals surface area contributed by atoms with Crippen LogP contribution in [-0.2, 0) is 14.3 Å². The van der Waals surface area contributed by atoms with E-state index in [0.29, 0.717) is 5.56 Å². The Bertz CT molecular complexity index is 998. The molecular formula is C20H17ClN2O5. The van der Waals surface area contributed by atoms with Crippen LogP contribution in [0.15, 0.2) is 53.2 Å². The van der Waals surface area contributed by atoms with E-state index in [1.165, 1.54) is 30.3 Å². The molecule has 0 aromatic heterocycles. The first-order chi connectivity index (χ1) is 13.3. The number of esters is 1. The van der Waals surface area contributed by atoms with Crippen molar-refractivity contribution in [2.75, 3.05) is 16.8 Å². The largest absolute Gasteiger partial charge is 0.506 e. The fourth-order valence-electron chi connectivity index (χ4n) is 2.69. The molecule has 1 heterocycles. The number of benzene rings is 2. The number of carbonyl (C=O) groups excluding carboxylic acids is 3. The minimum atomic E-state index is -0.704. The highest BCUT2D eigenvalue weighted by Crippen LogP contribution is 2.33. The van der Waals surface area contributed by atoms with E-state index < -0.39 is 17.8 Å². The van der Waals surface area contributed by atoms with Crippen molar-refractivity contribution in [2.45, 2.75) is 13.8 Å². The lowest BCUT2D eigenvalue weighted by Crippen LogP contribution is -2.32. The number of ether oxygens (including phenoxy) is 1. The number of amides is 2. The number of phenols is 1. The molecule has 0 aliphatic carbocycles. The van der Waals surface area contributed by atoms with Crippen LogP contribution in [0.25, 0.3) is 0 Å². The van der Waals surface area contributed by atoms with Crippen molar-refractivity contribution in [3.8, 4) is 5.75 Å². The monoisotopic (exact) mass is 400 g/mol. The minimum Gasteiger partial charge on any atom is -0.506 e. The van der Waals surface area contributed by atoms with Crippen LogP contribution in [0.3, 0.4) is 0 Å². The number of anilines is 2. The van der Waals surface area contributed by atoms with Crippen molar-refractivity contribution in [1.82, 2.24) is 0 Å². The Hall–Kier alpha value is -3.32. The molecule has 0 radical (unpaired) electrons. The number of carbonyl (C=O) groups is 3. The highest BCUT2D eigenvalue weighted by molar-refractivity contribution is 6.53. The van der Waals surface area contributed by atoms with E-state index in [-0.39, 0.29) is 34.5 Å². The molecule has 2 aromatic carbocycles. The van der Waals surface area contributed by atoms with Crippen molar-refractivity contribution in [3.05, 3.63) is 64.3 Å². The van der Waals surface area contributed by atoms with Gasteiger partial charge in [0.25, 0.3) is 11.8 Å². The number of rotatable bonds is 5. The van der Waals surface area contributed by atoms with Crippen molar-refractivity contribution < 1.29 is 24.2 Å². The summed E-state index contributed by atoms with van der Waals surface area (Å²) in [6.07, 6.45) is 0. The average molecular weight is 401 g/mol. The molecular weight excluding hydrogens is 384 g/mol. The van der Waals surface area contributed by atoms with Gasteiger partial charge in [-0.1, -0.05) is 17.7 Å². The predicted molar refractivity (Wildman–Crippen MR) is 104 cm³/mol. The van der Waals surface area contributed by atoms with E-state index >= 15 is 0 Å². The molecule has 0 bridgehead atoms. The van der Waals surface area contributed by atoms with E-state index in [4.69, 9.17) is 16.3 Å². The normalized spacial score (nSPS) is 13.9. The molecule has 7 nitrogen and oxygen atoms in total. The third kappa shape index (κ3) is 3.57. The van der Waals surface area contributed by atoms with Crippen LogP contribution in [0, 0.1) is 6.92 Å². The van der Waals surface area contributed by atoms with Gasteiger partial charge < -0.3 is 15.2 Å². The first-order valence-corrected chi connectivity index (χ1v) is 8.83. The smallest absolute Gasteiger partial charge is 0.338 e. The number of imide groups is 1. The Morgan fingerprint density at radius 1 is 1.14 bits per heavy atom. The second-order valence-corrected chi connectivity index (χ2v) is 6.43. The zero-order valence-corrected chi connectivity index (χ0v) is 15.9. The summed E-state index contributed by atoms with van der Waals surface area (Å²) in [6.45, 7) is 3.76. The van der Waals surface area contributed by atoms with Crippen LogP contribution < -0.4 is 10.2 Å². The van der Waals surface area contributed by atoms with E-state index in [1.54, 1.807) is 19.1 Å². The molecule has 8 heteroatoms. The number of aromatic hydroxyl groups is 1. The van der Waals surface area contributed by atoms with Crippen LogP contribution >= 0.6 is 11.6 Å². The number of hydrogen-bond donors (Lipinski definition) is 2. The molecule has 0 fully saturated rings. The molecule has 1 aliphatic heterocycles. The Labute approximate surface area is 166 Å². The van der Waals surface area contributed by atoms with E-state index in [0.717, 1.165) is 10.5 Å². The fourth-order valence-corrected chi connectivity index (χ4v) is 2.90. The lowest BCUT2D eigenvalue weighted by Gasteiger charge is -2.16. The van der Waals surface area contributed by atoms with Crippen molar-refractivity contribution in [3.63, 3.8) is 0 Å². The van der Waals surface area contributed by atoms with Crippen LogP contribution in [-0.4, -0.2) is 29.5 Å². The molecule has 0 unspecified atom stereocenters. The Morgan fingerprint density at radius 3 is 2.46 bits per heavy atom. The lowest BCUT2D eigenvalue weighted by atomic mass is 10.2. The van der Waals surface area contributed by atoms with Gasteiger partial charge in [-0.05, 0) is 55.8 Å². The summed E-state index contributed by atoms with van der Waals surface area (Å²) in [5.74, 6) is -1.95. The third-order valence-electron chi connectivity index (χ3n) is 4.08. The fraction of sp³-hybridized carbons (Fsp3) is 0.150. The summed E-state index contributed by atoms with van der Waals surface area (Å²) >= 11 is 6.08. The van der Waals surface area contributed by atoms with Gasteiger partial charge in [-0.25, -0.2) is 9.69 Å².